The van der Waals surface area contributed by atoms with Crippen LogP contribution in [0.2, 0.25) is 0 Å². The lowest BCUT2D eigenvalue weighted by Crippen LogP contribution is -2.37. The molecule has 0 saturated heterocycles. The molecule has 1 saturated carbocycles. The monoisotopic (exact) mass is 164 g/mol. The molecule has 0 aromatic heterocycles. The SMILES string of the molecule is O=C(O)[C@H]1CCCCC1(F)F. The first kappa shape index (κ1) is 8.43. The lowest BCUT2D eigenvalue weighted by atomic mass is 9.86. The largest absolute Gasteiger partial charge is 0.481 e. The molecule has 0 amide bonds. The highest BCUT2D eigenvalue weighted by atomic mass is 19.3. The smallest absolute Gasteiger partial charge is 0.312 e. The van der Waals surface area contributed by atoms with Gasteiger partial charge in [0.05, 0.1) is 0 Å². The van der Waals surface area contributed by atoms with Gasteiger partial charge in [-0.1, -0.05) is 6.42 Å². The number of hydrogen-bond donors (Lipinski definition) is 1. The first-order valence-electron chi connectivity index (χ1n) is 3.64. The summed E-state index contributed by atoms with van der Waals surface area (Å²) in [5, 5.41) is 8.39. The summed E-state index contributed by atoms with van der Waals surface area (Å²) < 4.78 is 25.5. The van der Waals surface area contributed by atoms with Crippen LogP contribution in [0, 0.1) is 5.92 Å². The van der Waals surface area contributed by atoms with Gasteiger partial charge >= 0.3 is 5.97 Å². The summed E-state index contributed by atoms with van der Waals surface area (Å²) in [5.74, 6) is -5.80. The number of carbonyl (C=O) groups is 1. The van der Waals surface area contributed by atoms with Crippen molar-refractivity contribution in [1.82, 2.24) is 0 Å². The van der Waals surface area contributed by atoms with Gasteiger partial charge in [-0.05, 0) is 12.8 Å². The Morgan fingerprint density at radius 2 is 2.09 bits per heavy atom. The van der Waals surface area contributed by atoms with Gasteiger partial charge in [-0.15, -0.1) is 0 Å². The molecule has 1 N–H and O–H groups in total. The summed E-state index contributed by atoms with van der Waals surface area (Å²) in [6.45, 7) is 0. The predicted molar refractivity (Wildman–Crippen MR) is 34.5 cm³/mol. The Labute approximate surface area is 63.2 Å². The molecule has 0 aromatic carbocycles. The van der Waals surface area contributed by atoms with Crippen LogP contribution in [-0.2, 0) is 4.79 Å². The zero-order chi connectivity index (χ0) is 8.48. The Kier molecular flexibility index (Phi) is 2.11. The molecular formula is C7H10F2O2. The van der Waals surface area contributed by atoms with Gasteiger partial charge in [0.1, 0.15) is 5.92 Å². The Morgan fingerprint density at radius 1 is 1.45 bits per heavy atom. The van der Waals surface area contributed by atoms with E-state index in [0.717, 1.165) is 0 Å². The van der Waals surface area contributed by atoms with Gasteiger partial charge in [-0.25, -0.2) is 8.78 Å². The normalized spacial score (nSPS) is 29.8. The molecule has 0 bridgehead atoms. The maximum Gasteiger partial charge on any atom is 0.312 e. The molecule has 0 aliphatic heterocycles. The van der Waals surface area contributed by atoms with Crippen molar-refractivity contribution in [2.24, 2.45) is 5.92 Å². The van der Waals surface area contributed by atoms with Crippen LogP contribution >= 0.6 is 0 Å². The van der Waals surface area contributed by atoms with Crippen molar-refractivity contribution in [3.63, 3.8) is 0 Å². The van der Waals surface area contributed by atoms with Crippen molar-refractivity contribution in [2.75, 3.05) is 0 Å². The van der Waals surface area contributed by atoms with Gasteiger partial charge in [0, 0.05) is 6.42 Å². The van der Waals surface area contributed by atoms with Crippen LogP contribution in [0.4, 0.5) is 8.78 Å². The van der Waals surface area contributed by atoms with E-state index in [-0.39, 0.29) is 12.8 Å². The Morgan fingerprint density at radius 3 is 2.45 bits per heavy atom. The standard InChI is InChI=1S/C7H10F2O2/c8-7(9)4-2-1-3-5(7)6(10)11/h5H,1-4H2,(H,10,11)/t5-/m1/s1. The Balaban J connectivity index is 2.67. The number of hydrogen-bond acceptors (Lipinski definition) is 1. The molecule has 4 heteroatoms. The molecule has 64 valence electrons. The molecular weight excluding hydrogens is 154 g/mol. The summed E-state index contributed by atoms with van der Waals surface area (Å²) in [5.41, 5.74) is 0. The quantitative estimate of drug-likeness (QED) is 0.642. The molecule has 2 nitrogen and oxygen atoms in total. The fraction of sp³-hybridized carbons (Fsp3) is 0.857. The second-order valence-electron chi connectivity index (χ2n) is 2.90. The second-order valence-corrected chi connectivity index (χ2v) is 2.90. The molecule has 1 aliphatic carbocycles. The van der Waals surface area contributed by atoms with E-state index in [2.05, 4.69) is 0 Å². The summed E-state index contributed by atoms with van der Waals surface area (Å²) in [4.78, 5) is 10.3. The molecule has 1 rings (SSSR count). The zero-order valence-corrected chi connectivity index (χ0v) is 6.02. The van der Waals surface area contributed by atoms with Crippen molar-refractivity contribution in [3.05, 3.63) is 0 Å². The number of carboxylic acid groups (broad SMARTS) is 1. The first-order valence-corrected chi connectivity index (χ1v) is 3.64. The zero-order valence-electron chi connectivity index (χ0n) is 6.02. The van der Waals surface area contributed by atoms with Crippen molar-refractivity contribution in [2.45, 2.75) is 31.6 Å². The molecule has 0 radical (unpaired) electrons. The van der Waals surface area contributed by atoms with Crippen LogP contribution in [0.15, 0.2) is 0 Å². The van der Waals surface area contributed by atoms with Gasteiger partial charge < -0.3 is 5.11 Å². The van der Waals surface area contributed by atoms with Gasteiger partial charge in [-0.2, -0.15) is 0 Å². The number of carboxylic acids is 1. The number of aliphatic carboxylic acids is 1. The molecule has 0 spiro atoms. The topological polar surface area (TPSA) is 37.3 Å². The second kappa shape index (κ2) is 2.75. The summed E-state index contributed by atoms with van der Waals surface area (Å²) in [7, 11) is 0. The molecule has 0 heterocycles. The first-order chi connectivity index (χ1) is 5.04. The summed E-state index contributed by atoms with van der Waals surface area (Å²) >= 11 is 0. The molecule has 1 atom stereocenters. The van der Waals surface area contributed by atoms with Gasteiger partial charge in [0.25, 0.3) is 5.92 Å². The Bertz CT molecular complexity index is 168. The lowest BCUT2D eigenvalue weighted by Gasteiger charge is -2.27. The maximum absolute atomic E-state index is 12.7. The van der Waals surface area contributed by atoms with E-state index in [9.17, 15) is 13.6 Å². The van der Waals surface area contributed by atoms with Crippen molar-refractivity contribution < 1.29 is 18.7 Å². The van der Waals surface area contributed by atoms with Crippen LogP contribution in [0.5, 0.6) is 0 Å². The van der Waals surface area contributed by atoms with Crippen LogP contribution in [0.1, 0.15) is 25.7 Å². The fourth-order valence-electron chi connectivity index (χ4n) is 1.40. The van der Waals surface area contributed by atoms with Crippen LogP contribution < -0.4 is 0 Å². The third kappa shape index (κ3) is 1.67. The van der Waals surface area contributed by atoms with E-state index in [4.69, 9.17) is 5.11 Å². The van der Waals surface area contributed by atoms with Crippen LogP contribution in [0.3, 0.4) is 0 Å². The molecule has 0 unspecified atom stereocenters. The predicted octanol–water partition coefficient (Wildman–Crippen LogP) is 1.90. The lowest BCUT2D eigenvalue weighted by molar-refractivity contribution is -0.162. The van der Waals surface area contributed by atoms with E-state index in [0.29, 0.717) is 12.8 Å². The summed E-state index contributed by atoms with van der Waals surface area (Å²) in [6.07, 6.45) is 0.885. The maximum atomic E-state index is 12.7. The van der Waals surface area contributed by atoms with Gasteiger partial charge in [0.2, 0.25) is 0 Å². The fourth-order valence-corrected chi connectivity index (χ4v) is 1.40. The summed E-state index contributed by atoms with van der Waals surface area (Å²) in [6, 6.07) is 0. The van der Waals surface area contributed by atoms with Crippen molar-refractivity contribution >= 4 is 5.97 Å². The van der Waals surface area contributed by atoms with E-state index >= 15 is 0 Å². The van der Waals surface area contributed by atoms with E-state index in [1.807, 2.05) is 0 Å². The number of rotatable bonds is 1. The van der Waals surface area contributed by atoms with Crippen LogP contribution in [0.25, 0.3) is 0 Å². The highest BCUT2D eigenvalue weighted by Gasteiger charge is 2.45. The molecule has 1 fully saturated rings. The van der Waals surface area contributed by atoms with Crippen LogP contribution in [-0.4, -0.2) is 17.0 Å². The third-order valence-electron chi connectivity index (χ3n) is 2.06. The number of halogens is 2. The average molecular weight is 164 g/mol. The highest BCUT2D eigenvalue weighted by Crippen LogP contribution is 2.38. The van der Waals surface area contributed by atoms with E-state index in [1.54, 1.807) is 0 Å². The minimum atomic E-state index is -2.98. The molecule has 11 heavy (non-hydrogen) atoms. The third-order valence-corrected chi connectivity index (χ3v) is 2.06. The molecule has 1 aliphatic rings. The minimum absolute atomic E-state index is 0.113. The van der Waals surface area contributed by atoms with Gasteiger partial charge in [0.15, 0.2) is 0 Å². The highest BCUT2D eigenvalue weighted by molar-refractivity contribution is 5.71. The average Bonchev–Trinajstić information content (AvgIpc) is 1.85. The van der Waals surface area contributed by atoms with Gasteiger partial charge in [-0.3, -0.25) is 4.79 Å². The van der Waals surface area contributed by atoms with Crippen molar-refractivity contribution in [1.29, 1.82) is 0 Å². The Hall–Kier alpha value is -0.670. The van der Waals surface area contributed by atoms with E-state index in [1.165, 1.54) is 0 Å². The van der Waals surface area contributed by atoms with Crippen molar-refractivity contribution in [3.8, 4) is 0 Å². The number of alkyl halides is 2. The van der Waals surface area contributed by atoms with E-state index < -0.39 is 17.8 Å². The minimum Gasteiger partial charge on any atom is -0.481 e. The molecule has 0 aromatic rings.